The van der Waals surface area contributed by atoms with E-state index in [4.69, 9.17) is 4.74 Å². The van der Waals surface area contributed by atoms with Crippen molar-refractivity contribution in [2.75, 3.05) is 6.54 Å². The third-order valence-corrected chi connectivity index (χ3v) is 9.29. The van der Waals surface area contributed by atoms with E-state index in [0.717, 1.165) is 21.9 Å². The molecule has 1 aliphatic rings. The summed E-state index contributed by atoms with van der Waals surface area (Å²) in [6.07, 6.45) is -0.0608. The SMILES string of the molecule is CC(C)C[C@H](NC(=O)[C@H](Cc1cccc2ccccc12)NC(=O)OCc1ccccc1)C(=O)N[C@@H](C[C@@H]1CCCNC1=O)C(O)S(=O)(=O)[O-].[Na+]. The van der Waals surface area contributed by atoms with E-state index in [9.17, 15) is 37.3 Å². The number of ether oxygens (including phenoxy) is 1. The number of amides is 4. The van der Waals surface area contributed by atoms with Crippen molar-refractivity contribution < 1.29 is 71.5 Å². The van der Waals surface area contributed by atoms with Crippen LogP contribution in [0, 0.1) is 11.8 Å². The van der Waals surface area contributed by atoms with Gasteiger partial charge in [-0.3, -0.25) is 14.4 Å². The molecule has 15 heteroatoms. The van der Waals surface area contributed by atoms with Gasteiger partial charge in [0.25, 0.3) is 0 Å². The molecule has 5 N–H and O–H groups in total. The first kappa shape index (κ1) is 40.9. The second-order valence-electron chi connectivity index (χ2n) is 12.7. The van der Waals surface area contributed by atoms with Crippen LogP contribution in [0.25, 0.3) is 10.8 Å². The van der Waals surface area contributed by atoms with Gasteiger partial charge in [0.2, 0.25) is 17.7 Å². The van der Waals surface area contributed by atoms with Crippen molar-refractivity contribution in [3.05, 3.63) is 83.9 Å². The van der Waals surface area contributed by atoms with Crippen LogP contribution in [0.5, 0.6) is 0 Å². The van der Waals surface area contributed by atoms with Crippen LogP contribution in [-0.2, 0) is 42.3 Å². The minimum Gasteiger partial charge on any atom is -0.746 e. The molecule has 0 aromatic heterocycles. The molecule has 0 radical (unpaired) electrons. The Bertz CT molecular complexity index is 1720. The second-order valence-corrected chi connectivity index (χ2v) is 14.1. The Hall–Kier alpha value is -3.53. The second kappa shape index (κ2) is 19.2. The number of aliphatic hydroxyl groups excluding tert-OH is 1. The van der Waals surface area contributed by atoms with Crippen LogP contribution in [0.15, 0.2) is 72.8 Å². The van der Waals surface area contributed by atoms with E-state index < -0.39 is 57.5 Å². The minimum absolute atomic E-state index is 0. The molecule has 50 heavy (non-hydrogen) atoms. The van der Waals surface area contributed by atoms with E-state index in [1.54, 1.807) is 38.1 Å². The van der Waals surface area contributed by atoms with Gasteiger partial charge in [-0.15, -0.1) is 0 Å². The van der Waals surface area contributed by atoms with Gasteiger partial charge in [0.05, 0.1) is 6.04 Å². The number of fused-ring (bicyclic) bond motifs is 1. The Morgan fingerprint density at radius 3 is 2.28 bits per heavy atom. The van der Waals surface area contributed by atoms with Crippen molar-refractivity contribution in [3.8, 4) is 0 Å². The molecule has 3 aromatic rings. The molecule has 1 fully saturated rings. The maximum atomic E-state index is 13.9. The van der Waals surface area contributed by atoms with Crippen LogP contribution in [0.4, 0.5) is 4.79 Å². The molecular formula is C35H43N4NaO9S. The number of carbonyl (C=O) groups excluding carboxylic acids is 4. The van der Waals surface area contributed by atoms with Crippen molar-refractivity contribution in [2.45, 2.75) is 76.1 Å². The Balaban J connectivity index is 0.00000676. The van der Waals surface area contributed by atoms with Crippen molar-refractivity contribution in [1.82, 2.24) is 21.3 Å². The summed E-state index contributed by atoms with van der Waals surface area (Å²) in [5.74, 6) is -2.85. The summed E-state index contributed by atoms with van der Waals surface area (Å²) < 4.78 is 40.9. The molecule has 0 saturated carbocycles. The topological polar surface area (TPSA) is 203 Å². The molecule has 5 atom stereocenters. The largest absolute Gasteiger partial charge is 1.00 e. The van der Waals surface area contributed by atoms with Crippen molar-refractivity contribution >= 4 is 44.7 Å². The zero-order valence-electron chi connectivity index (χ0n) is 28.5. The van der Waals surface area contributed by atoms with E-state index in [2.05, 4.69) is 21.3 Å². The van der Waals surface area contributed by atoms with E-state index in [0.29, 0.717) is 19.4 Å². The first-order valence-corrected chi connectivity index (χ1v) is 17.7. The standard InChI is InChI=1S/C35H44N4O9S.Na/c1-22(2)18-28(32(41)38-30(34(43)49(45,46)47)20-26-15-9-17-36-31(26)40)37-33(42)29(39-35(44)48-21-23-10-4-3-5-11-23)19-25-14-8-13-24-12-6-7-16-27(24)25;/h3-8,10-14,16,22,26,28-30,34,43H,9,15,17-21H2,1-2H3,(H,36,40)(H,37,42)(H,38,41)(H,39,44)(H,45,46,47);/q;+1/p-1/t26-,28-,29-,30-,34?;/m0./s1. The summed E-state index contributed by atoms with van der Waals surface area (Å²) in [5.41, 5.74) is -1.04. The van der Waals surface area contributed by atoms with Gasteiger partial charge in [-0.1, -0.05) is 86.6 Å². The normalized spacial score (nSPS) is 17.0. The number of alkyl carbamates (subject to hydrolysis) is 1. The molecule has 0 bridgehead atoms. The molecule has 1 saturated heterocycles. The molecule has 1 unspecified atom stereocenters. The summed E-state index contributed by atoms with van der Waals surface area (Å²) in [6.45, 7) is 4.00. The molecule has 4 amide bonds. The molecule has 4 rings (SSSR count). The Morgan fingerprint density at radius 2 is 1.60 bits per heavy atom. The van der Waals surface area contributed by atoms with Crippen LogP contribution >= 0.6 is 0 Å². The van der Waals surface area contributed by atoms with Gasteiger partial charge in [-0.2, -0.15) is 0 Å². The number of carbonyl (C=O) groups is 4. The third-order valence-electron chi connectivity index (χ3n) is 8.37. The Labute approximate surface area is 314 Å². The monoisotopic (exact) mass is 718 g/mol. The fraction of sp³-hybridized carbons (Fsp3) is 0.429. The third kappa shape index (κ3) is 12.1. The van der Waals surface area contributed by atoms with E-state index in [1.807, 2.05) is 48.5 Å². The minimum atomic E-state index is -5.28. The molecule has 264 valence electrons. The molecular weight excluding hydrogens is 675 g/mol. The number of aliphatic hydroxyl groups is 1. The Kier molecular flexibility index (Phi) is 15.7. The number of benzene rings is 3. The van der Waals surface area contributed by atoms with Crippen LogP contribution in [0.1, 0.15) is 50.7 Å². The summed E-state index contributed by atoms with van der Waals surface area (Å²) in [7, 11) is -5.28. The predicted molar refractivity (Wildman–Crippen MR) is 181 cm³/mol. The van der Waals surface area contributed by atoms with Gasteiger partial charge < -0.3 is 35.7 Å². The van der Waals surface area contributed by atoms with Gasteiger partial charge in [-0.05, 0) is 53.5 Å². The average Bonchev–Trinajstić information content (AvgIpc) is 3.07. The van der Waals surface area contributed by atoms with Gasteiger partial charge in [0.15, 0.2) is 5.44 Å². The molecule has 1 heterocycles. The van der Waals surface area contributed by atoms with E-state index in [1.165, 1.54) is 0 Å². The maximum absolute atomic E-state index is 13.9. The summed E-state index contributed by atoms with van der Waals surface area (Å²) >= 11 is 0. The summed E-state index contributed by atoms with van der Waals surface area (Å²) in [6, 6.07) is 18.0. The average molecular weight is 719 g/mol. The number of piperidine rings is 1. The van der Waals surface area contributed by atoms with Crippen LogP contribution in [0.2, 0.25) is 0 Å². The molecule has 0 spiro atoms. The van der Waals surface area contributed by atoms with Gasteiger partial charge in [-0.25, -0.2) is 13.2 Å². The Morgan fingerprint density at radius 1 is 0.940 bits per heavy atom. The number of nitrogens with one attached hydrogen (secondary N) is 4. The van der Waals surface area contributed by atoms with E-state index >= 15 is 0 Å². The first-order chi connectivity index (χ1) is 23.3. The smallest absolute Gasteiger partial charge is 0.746 e. The first-order valence-electron chi connectivity index (χ1n) is 16.3. The molecule has 3 aromatic carbocycles. The molecule has 0 aliphatic carbocycles. The predicted octanol–water partition coefficient (Wildman–Crippen LogP) is -0.523. The van der Waals surface area contributed by atoms with Gasteiger partial charge in [0.1, 0.15) is 28.8 Å². The summed E-state index contributed by atoms with van der Waals surface area (Å²) in [5, 5.41) is 22.6. The van der Waals surface area contributed by atoms with Gasteiger partial charge in [0, 0.05) is 18.9 Å². The summed E-state index contributed by atoms with van der Waals surface area (Å²) in [4.78, 5) is 53.0. The van der Waals surface area contributed by atoms with Crippen molar-refractivity contribution in [1.29, 1.82) is 0 Å². The van der Waals surface area contributed by atoms with Crippen LogP contribution in [0.3, 0.4) is 0 Å². The van der Waals surface area contributed by atoms with E-state index in [-0.39, 0.29) is 67.3 Å². The maximum Gasteiger partial charge on any atom is 1.00 e. The van der Waals surface area contributed by atoms with Crippen LogP contribution in [-0.4, -0.2) is 72.0 Å². The fourth-order valence-electron chi connectivity index (χ4n) is 5.88. The molecule has 1 aliphatic heterocycles. The van der Waals surface area contributed by atoms with Crippen molar-refractivity contribution in [3.63, 3.8) is 0 Å². The number of hydrogen-bond donors (Lipinski definition) is 5. The molecule has 13 nitrogen and oxygen atoms in total. The van der Waals surface area contributed by atoms with Gasteiger partial charge >= 0.3 is 35.7 Å². The quantitative estimate of drug-likeness (QED) is 0.101. The zero-order chi connectivity index (χ0) is 35.6. The van der Waals surface area contributed by atoms with Crippen LogP contribution < -0.4 is 50.8 Å². The fourth-order valence-corrected chi connectivity index (χ4v) is 6.46. The zero-order valence-corrected chi connectivity index (χ0v) is 31.3. The van der Waals surface area contributed by atoms with Crippen molar-refractivity contribution in [2.24, 2.45) is 11.8 Å². The number of hydrogen-bond acceptors (Lipinski definition) is 9. The number of rotatable bonds is 15.